The number of nitrogens with one attached hydrogen (secondary N) is 1. The molecule has 2 rings (SSSR count). The number of ether oxygens (including phenoxy) is 2. The zero-order valence-electron chi connectivity index (χ0n) is 12.6. The Bertz CT molecular complexity index is 633. The van der Waals surface area contributed by atoms with Gasteiger partial charge in [0.25, 0.3) is 5.91 Å². The summed E-state index contributed by atoms with van der Waals surface area (Å²) in [5.74, 6) is 2.13. The Kier molecular flexibility index (Phi) is 4.52. The molecular weight excluding hydrogens is 270 g/mol. The molecule has 21 heavy (non-hydrogen) atoms. The van der Waals surface area contributed by atoms with Crippen LogP contribution in [-0.2, 0) is 0 Å². The molecule has 0 bridgehead atoms. The third-order valence-electron chi connectivity index (χ3n) is 3.22. The monoisotopic (exact) mass is 289 g/mol. The van der Waals surface area contributed by atoms with E-state index in [4.69, 9.17) is 13.9 Å². The van der Waals surface area contributed by atoms with Gasteiger partial charge in [-0.2, -0.15) is 0 Å². The Morgan fingerprint density at radius 2 is 1.95 bits per heavy atom. The Morgan fingerprint density at radius 1 is 1.19 bits per heavy atom. The smallest absolute Gasteiger partial charge is 0.287 e. The van der Waals surface area contributed by atoms with Crippen LogP contribution in [0.2, 0.25) is 0 Å². The molecule has 1 heterocycles. The number of hydrogen-bond donors (Lipinski definition) is 1. The lowest BCUT2D eigenvalue weighted by molar-refractivity contribution is 0.0910. The van der Waals surface area contributed by atoms with Crippen LogP contribution in [0.15, 0.2) is 34.7 Å². The third kappa shape index (κ3) is 3.37. The van der Waals surface area contributed by atoms with Gasteiger partial charge in [0, 0.05) is 5.56 Å². The van der Waals surface area contributed by atoms with E-state index in [1.165, 1.54) is 0 Å². The van der Waals surface area contributed by atoms with E-state index in [1.807, 2.05) is 25.1 Å². The third-order valence-corrected chi connectivity index (χ3v) is 3.22. The maximum Gasteiger partial charge on any atom is 0.287 e. The molecule has 0 radical (unpaired) electrons. The van der Waals surface area contributed by atoms with Crippen LogP contribution in [0.4, 0.5) is 0 Å². The zero-order chi connectivity index (χ0) is 15.4. The van der Waals surface area contributed by atoms with Crippen molar-refractivity contribution in [1.29, 1.82) is 0 Å². The van der Waals surface area contributed by atoms with E-state index in [0.29, 0.717) is 23.0 Å². The number of carbonyl (C=O) groups excluding carboxylic acids is 1. The van der Waals surface area contributed by atoms with Crippen molar-refractivity contribution < 1.29 is 18.7 Å². The Morgan fingerprint density at radius 3 is 2.52 bits per heavy atom. The molecule has 1 aromatic heterocycles. The van der Waals surface area contributed by atoms with Gasteiger partial charge in [-0.3, -0.25) is 4.79 Å². The van der Waals surface area contributed by atoms with Gasteiger partial charge in [0.2, 0.25) is 0 Å². The summed E-state index contributed by atoms with van der Waals surface area (Å²) in [6, 6.07) is 8.64. The molecule has 1 atom stereocenters. The average molecular weight is 289 g/mol. The van der Waals surface area contributed by atoms with Crippen LogP contribution in [0, 0.1) is 6.92 Å². The fourth-order valence-electron chi connectivity index (χ4n) is 2.08. The van der Waals surface area contributed by atoms with Crippen molar-refractivity contribution in [1.82, 2.24) is 5.32 Å². The van der Waals surface area contributed by atoms with E-state index in [1.54, 1.807) is 33.3 Å². The second-order valence-corrected chi connectivity index (χ2v) is 4.71. The Hall–Kier alpha value is -2.43. The standard InChI is InChI=1S/C16H19NO4/c1-10-5-7-15(21-10)16(18)17-11(2)13-9-12(19-3)6-8-14(13)20-4/h5-9,11H,1-4H3,(H,17,18)/t11-/m1/s1. The van der Waals surface area contributed by atoms with Crippen LogP contribution in [0.3, 0.4) is 0 Å². The van der Waals surface area contributed by atoms with Crippen molar-refractivity contribution in [2.45, 2.75) is 19.9 Å². The Labute approximate surface area is 123 Å². The molecule has 1 aromatic carbocycles. The molecule has 0 aliphatic rings. The number of hydrogen-bond acceptors (Lipinski definition) is 4. The molecule has 1 amide bonds. The fraction of sp³-hybridized carbons (Fsp3) is 0.312. The van der Waals surface area contributed by atoms with E-state index >= 15 is 0 Å². The van der Waals surface area contributed by atoms with Crippen molar-refractivity contribution >= 4 is 5.91 Å². The minimum absolute atomic E-state index is 0.243. The van der Waals surface area contributed by atoms with Crippen LogP contribution >= 0.6 is 0 Å². The van der Waals surface area contributed by atoms with Crippen molar-refractivity contribution in [3.8, 4) is 11.5 Å². The topological polar surface area (TPSA) is 60.7 Å². The number of furan rings is 1. The molecule has 0 saturated heterocycles. The first-order valence-corrected chi connectivity index (χ1v) is 6.64. The van der Waals surface area contributed by atoms with Gasteiger partial charge in [-0.05, 0) is 44.2 Å². The van der Waals surface area contributed by atoms with E-state index in [0.717, 1.165) is 5.56 Å². The average Bonchev–Trinajstić information content (AvgIpc) is 2.93. The second kappa shape index (κ2) is 6.35. The molecule has 0 spiro atoms. The van der Waals surface area contributed by atoms with E-state index in [2.05, 4.69) is 5.32 Å². The first-order valence-electron chi connectivity index (χ1n) is 6.64. The lowest BCUT2D eigenvalue weighted by Gasteiger charge is -2.17. The first kappa shape index (κ1) is 15.0. The summed E-state index contributed by atoms with van der Waals surface area (Å²) >= 11 is 0. The SMILES string of the molecule is COc1ccc(OC)c([C@@H](C)NC(=O)c2ccc(C)o2)c1. The fourth-order valence-corrected chi connectivity index (χ4v) is 2.08. The molecule has 5 nitrogen and oxygen atoms in total. The van der Waals surface area contributed by atoms with Gasteiger partial charge in [0.05, 0.1) is 20.3 Å². The quantitative estimate of drug-likeness (QED) is 0.918. The van der Waals surface area contributed by atoms with E-state index < -0.39 is 0 Å². The minimum atomic E-state index is -0.263. The highest BCUT2D eigenvalue weighted by molar-refractivity contribution is 5.91. The minimum Gasteiger partial charge on any atom is -0.497 e. The van der Waals surface area contributed by atoms with Gasteiger partial charge >= 0.3 is 0 Å². The normalized spacial score (nSPS) is 11.8. The summed E-state index contributed by atoms with van der Waals surface area (Å²) in [7, 11) is 3.19. The largest absolute Gasteiger partial charge is 0.497 e. The molecule has 0 unspecified atom stereocenters. The molecule has 112 valence electrons. The molecular formula is C16H19NO4. The maximum atomic E-state index is 12.1. The van der Waals surface area contributed by atoms with Crippen LogP contribution in [0.1, 0.15) is 34.8 Å². The van der Waals surface area contributed by atoms with Gasteiger partial charge in [0.1, 0.15) is 17.3 Å². The van der Waals surface area contributed by atoms with Gasteiger partial charge in [-0.25, -0.2) is 0 Å². The number of methoxy groups -OCH3 is 2. The molecule has 0 fully saturated rings. The molecule has 5 heteroatoms. The first-order chi connectivity index (χ1) is 10.0. The predicted molar refractivity (Wildman–Crippen MR) is 78.9 cm³/mol. The number of rotatable bonds is 5. The number of amides is 1. The Balaban J connectivity index is 2.19. The summed E-state index contributed by atoms with van der Waals surface area (Å²) < 4.78 is 15.9. The van der Waals surface area contributed by atoms with Crippen molar-refractivity contribution in [2.75, 3.05) is 14.2 Å². The summed E-state index contributed by atoms with van der Waals surface area (Å²) in [6.07, 6.45) is 0. The number of aryl methyl sites for hydroxylation is 1. The number of benzene rings is 1. The predicted octanol–water partition coefficient (Wildman–Crippen LogP) is 3.10. The molecule has 0 aliphatic heterocycles. The van der Waals surface area contributed by atoms with Crippen LogP contribution in [0.25, 0.3) is 0 Å². The van der Waals surface area contributed by atoms with Gasteiger partial charge in [-0.1, -0.05) is 0 Å². The second-order valence-electron chi connectivity index (χ2n) is 4.71. The van der Waals surface area contributed by atoms with E-state index in [-0.39, 0.29) is 11.9 Å². The zero-order valence-corrected chi connectivity index (χ0v) is 12.6. The molecule has 0 saturated carbocycles. The van der Waals surface area contributed by atoms with Crippen molar-refractivity contribution in [3.05, 3.63) is 47.4 Å². The lowest BCUT2D eigenvalue weighted by Crippen LogP contribution is -2.26. The van der Waals surface area contributed by atoms with E-state index in [9.17, 15) is 4.79 Å². The summed E-state index contributed by atoms with van der Waals surface area (Å²) in [6.45, 7) is 3.68. The van der Waals surface area contributed by atoms with Crippen molar-refractivity contribution in [3.63, 3.8) is 0 Å². The van der Waals surface area contributed by atoms with Gasteiger partial charge in [0.15, 0.2) is 5.76 Å². The molecule has 1 N–H and O–H groups in total. The highest BCUT2D eigenvalue weighted by Gasteiger charge is 2.17. The highest BCUT2D eigenvalue weighted by Crippen LogP contribution is 2.29. The molecule has 0 aliphatic carbocycles. The highest BCUT2D eigenvalue weighted by atomic mass is 16.5. The lowest BCUT2D eigenvalue weighted by atomic mass is 10.1. The molecule has 2 aromatic rings. The summed E-state index contributed by atoms with van der Waals surface area (Å²) in [5.41, 5.74) is 0.841. The van der Waals surface area contributed by atoms with Crippen molar-refractivity contribution in [2.24, 2.45) is 0 Å². The summed E-state index contributed by atoms with van der Waals surface area (Å²) in [5, 5.41) is 2.88. The maximum absolute atomic E-state index is 12.1. The number of carbonyl (C=O) groups is 1. The van der Waals surface area contributed by atoms with Crippen LogP contribution < -0.4 is 14.8 Å². The van der Waals surface area contributed by atoms with Gasteiger partial charge in [-0.15, -0.1) is 0 Å². The summed E-state index contributed by atoms with van der Waals surface area (Å²) in [4.78, 5) is 12.1. The van der Waals surface area contributed by atoms with Gasteiger partial charge < -0.3 is 19.2 Å². The van der Waals surface area contributed by atoms with Crippen LogP contribution in [0.5, 0.6) is 11.5 Å². The van der Waals surface area contributed by atoms with Crippen LogP contribution in [-0.4, -0.2) is 20.1 Å².